The van der Waals surface area contributed by atoms with Crippen molar-refractivity contribution >= 4 is 18.2 Å². The van der Waals surface area contributed by atoms with Crippen molar-refractivity contribution in [2.75, 3.05) is 19.6 Å². The van der Waals surface area contributed by atoms with Gasteiger partial charge in [0.25, 0.3) is 12.4 Å². The summed E-state index contributed by atoms with van der Waals surface area (Å²) in [5.41, 5.74) is 4.00. The molecule has 0 unspecified atom stereocenters. The molecule has 2 heterocycles. The van der Waals surface area contributed by atoms with Crippen LogP contribution in [0.15, 0.2) is 42.7 Å². The fraction of sp³-hybridized carbons (Fsp3) is 0.517. The normalized spacial score (nSPS) is 19.6. The Balaban J connectivity index is 0.00000121. The van der Waals surface area contributed by atoms with Gasteiger partial charge in [-0.2, -0.15) is 4.73 Å². The third kappa shape index (κ3) is 8.39. The van der Waals surface area contributed by atoms with Gasteiger partial charge in [0.05, 0.1) is 0 Å². The van der Waals surface area contributed by atoms with Crippen molar-refractivity contribution in [2.24, 2.45) is 11.8 Å². The van der Waals surface area contributed by atoms with E-state index in [1.807, 2.05) is 19.9 Å². The maximum Gasteiger partial charge on any atom is 0.290 e. The summed E-state index contributed by atoms with van der Waals surface area (Å²) in [5, 5.41) is 21.4. The van der Waals surface area contributed by atoms with E-state index in [2.05, 4.69) is 22.3 Å². The van der Waals surface area contributed by atoms with Crippen LogP contribution < -0.4 is 10.0 Å². The lowest BCUT2D eigenvalue weighted by Crippen LogP contribution is -2.39. The van der Waals surface area contributed by atoms with Crippen LogP contribution in [0.2, 0.25) is 0 Å². The van der Waals surface area contributed by atoms with E-state index < -0.39 is 0 Å². The molecule has 8 nitrogen and oxygen atoms in total. The first kappa shape index (κ1) is 28.3. The number of carboxylic acid groups (broad SMARTS) is 1. The Bertz CT molecular complexity index is 1060. The first-order valence-electron chi connectivity index (χ1n) is 13.3. The van der Waals surface area contributed by atoms with Gasteiger partial charge in [0.2, 0.25) is 0 Å². The van der Waals surface area contributed by atoms with E-state index in [1.165, 1.54) is 29.9 Å². The molecule has 0 atom stereocenters. The number of carbonyl (C=O) groups is 3. The van der Waals surface area contributed by atoms with Crippen LogP contribution >= 0.6 is 0 Å². The maximum atomic E-state index is 12.4. The topological polar surface area (TPSA) is 114 Å². The van der Waals surface area contributed by atoms with E-state index in [1.54, 1.807) is 12.1 Å². The number of hydrogen-bond acceptors (Lipinski definition) is 5. The average molecular weight is 510 g/mol. The molecule has 4 rings (SSSR count). The molecule has 0 saturated heterocycles. The van der Waals surface area contributed by atoms with E-state index in [4.69, 9.17) is 9.90 Å². The number of Topliss-reactive ketones (excluding diaryl/α,β-unsaturated/α-hetero) is 1. The molecule has 2 N–H and O–H groups in total. The van der Waals surface area contributed by atoms with Crippen molar-refractivity contribution in [3.8, 4) is 0 Å². The van der Waals surface area contributed by atoms with Crippen LogP contribution in [0.4, 0.5) is 0 Å². The summed E-state index contributed by atoms with van der Waals surface area (Å²) in [6, 6.07) is 9.77. The zero-order valence-corrected chi connectivity index (χ0v) is 21.9. The third-order valence-electron chi connectivity index (χ3n) is 7.48. The predicted octanol–water partition coefficient (Wildman–Crippen LogP) is 3.64. The smallest absolute Gasteiger partial charge is 0.290 e. The highest BCUT2D eigenvalue weighted by Crippen LogP contribution is 2.28. The lowest BCUT2D eigenvalue weighted by Gasteiger charge is -2.30. The van der Waals surface area contributed by atoms with E-state index in [0.717, 1.165) is 63.7 Å². The molecule has 1 aromatic heterocycles. The zero-order chi connectivity index (χ0) is 26.8. The molecule has 0 spiro atoms. The van der Waals surface area contributed by atoms with E-state index >= 15 is 0 Å². The van der Waals surface area contributed by atoms with Crippen molar-refractivity contribution in [3.63, 3.8) is 0 Å². The van der Waals surface area contributed by atoms with Crippen LogP contribution in [0.1, 0.15) is 77.8 Å². The molecule has 200 valence electrons. The van der Waals surface area contributed by atoms with Crippen LogP contribution in [0.3, 0.4) is 0 Å². The number of aromatic nitrogens is 1. The molecule has 1 aromatic carbocycles. The summed E-state index contributed by atoms with van der Waals surface area (Å²) in [6.45, 7) is 6.91. The SMILES string of the molecule is CC(C)C(=O)c1ccc2c(c1)CCN(CC[C@H]1CC[C@H](NC(=O)c3ccc[n+]([O-])c3)CC1)CC2.O=CO. The molecule has 1 saturated carbocycles. The van der Waals surface area contributed by atoms with Gasteiger partial charge in [-0.15, -0.1) is 0 Å². The minimum atomic E-state index is -0.250. The summed E-state index contributed by atoms with van der Waals surface area (Å²) in [7, 11) is 0. The number of fused-ring (bicyclic) bond motifs is 1. The van der Waals surface area contributed by atoms with Crippen LogP contribution in [0.25, 0.3) is 0 Å². The Labute approximate surface area is 219 Å². The fourth-order valence-corrected chi connectivity index (χ4v) is 5.30. The third-order valence-corrected chi connectivity index (χ3v) is 7.48. The summed E-state index contributed by atoms with van der Waals surface area (Å²) >= 11 is 0. The zero-order valence-electron chi connectivity index (χ0n) is 21.9. The molecular weight excluding hydrogens is 470 g/mol. The van der Waals surface area contributed by atoms with Crippen LogP contribution in [0.5, 0.6) is 0 Å². The number of benzene rings is 1. The first-order valence-corrected chi connectivity index (χ1v) is 13.3. The highest BCUT2D eigenvalue weighted by Gasteiger charge is 2.24. The lowest BCUT2D eigenvalue weighted by atomic mass is 9.84. The Hall–Kier alpha value is -3.26. The Morgan fingerprint density at radius 3 is 2.43 bits per heavy atom. The molecule has 1 aliphatic carbocycles. The molecule has 1 aliphatic heterocycles. The second-order valence-corrected chi connectivity index (χ2v) is 10.4. The highest BCUT2D eigenvalue weighted by molar-refractivity contribution is 5.97. The van der Waals surface area contributed by atoms with Gasteiger partial charge < -0.3 is 20.5 Å². The largest absolute Gasteiger partial charge is 0.619 e. The number of amides is 1. The van der Waals surface area contributed by atoms with Crippen molar-refractivity contribution in [1.82, 2.24) is 10.2 Å². The Kier molecular flexibility index (Phi) is 10.6. The number of nitrogens with one attached hydrogen (secondary N) is 1. The van der Waals surface area contributed by atoms with Crippen LogP contribution in [0, 0.1) is 17.0 Å². The van der Waals surface area contributed by atoms with Gasteiger partial charge in [-0.25, -0.2) is 0 Å². The van der Waals surface area contributed by atoms with Crippen molar-refractivity contribution in [1.29, 1.82) is 0 Å². The van der Waals surface area contributed by atoms with Crippen LogP contribution in [-0.2, 0) is 17.6 Å². The van der Waals surface area contributed by atoms with Gasteiger partial charge in [0.15, 0.2) is 18.2 Å². The molecule has 1 fully saturated rings. The number of pyridine rings is 1. The quantitative estimate of drug-likeness (QED) is 0.255. The van der Waals surface area contributed by atoms with Crippen LogP contribution in [-0.4, -0.2) is 53.8 Å². The molecular formula is C29H39N3O5. The molecule has 0 radical (unpaired) electrons. The second kappa shape index (κ2) is 13.9. The molecule has 8 heteroatoms. The van der Waals surface area contributed by atoms with Crippen molar-refractivity contribution in [3.05, 3.63) is 70.2 Å². The number of rotatable bonds is 7. The average Bonchev–Trinajstić information content (AvgIpc) is 3.10. The molecule has 2 aromatic rings. The van der Waals surface area contributed by atoms with Gasteiger partial charge in [-0.3, -0.25) is 14.4 Å². The second-order valence-electron chi connectivity index (χ2n) is 10.4. The molecule has 37 heavy (non-hydrogen) atoms. The first-order chi connectivity index (χ1) is 17.8. The Morgan fingerprint density at radius 2 is 1.78 bits per heavy atom. The van der Waals surface area contributed by atoms with E-state index in [-0.39, 0.29) is 30.1 Å². The van der Waals surface area contributed by atoms with E-state index in [9.17, 15) is 14.8 Å². The number of hydrogen-bond donors (Lipinski definition) is 2. The fourth-order valence-electron chi connectivity index (χ4n) is 5.30. The number of nitrogens with zero attached hydrogens (tertiary/aromatic N) is 2. The van der Waals surface area contributed by atoms with Crippen molar-refractivity contribution in [2.45, 2.75) is 64.8 Å². The van der Waals surface area contributed by atoms with Gasteiger partial charge in [-0.1, -0.05) is 26.0 Å². The summed E-state index contributed by atoms with van der Waals surface area (Å²) < 4.78 is 0.664. The maximum absolute atomic E-state index is 12.4. The van der Waals surface area contributed by atoms with Gasteiger partial charge in [0.1, 0.15) is 5.56 Å². The summed E-state index contributed by atoms with van der Waals surface area (Å²) in [6.07, 6.45) is 10.2. The van der Waals surface area contributed by atoms with Crippen molar-refractivity contribution < 1.29 is 24.2 Å². The molecule has 2 aliphatic rings. The summed E-state index contributed by atoms with van der Waals surface area (Å²) in [4.78, 5) is 35.7. The minimum Gasteiger partial charge on any atom is -0.619 e. The lowest BCUT2D eigenvalue weighted by molar-refractivity contribution is -0.605. The molecule has 0 bridgehead atoms. The van der Waals surface area contributed by atoms with Gasteiger partial charge in [-0.05, 0) is 80.7 Å². The monoisotopic (exact) mass is 509 g/mol. The molecule has 1 amide bonds. The minimum absolute atomic E-state index is 0.0341. The van der Waals surface area contributed by atoms with E-state index in [0.29, 0.717) is 16.2 Å². The Morgan fingerprint density at radius 1 is 1.11 bits per heavy atom. The predicted molar refractivity (Wildman–Crippen MR) is 141 cm³/mol. The standard InChI is InChI=1S/C28H37N3O3.CH2O2/c1-20(2)27(32)24-8-7-22-12-16-30(17-13-23(22)18-24)15-11-21-5-9-26(10-6-21)29-28(33)25-4-3-14-31(34)19-25;2-1-3/h3-4,7-8,14,18-21,26H,5-6,9-13,15-17H2,1-2H3,(H,29,33);1H,(H,2,3)/t21-,26-;. The van der Waals surface area contributed by atoms with Gasteiger partial charge >= 0.3 is 0 Å². The van der Waals surface area contributed by atoms with Gasteiger partial charge in [0, 0.05) is 36.7 Å². The number of ketones is 1. The highest BCUT2D eigenvalue weighted by atomic mass is 16.5. The summed E-state index contributed by atoms with van der Waals surface area (Å²) in [5.74, 6) is 0.811. The number of carbonyl (C=O) groups excluding carboxylic acids is 2.